The van der Waals surface area contributed by atoms with Crippen LogP contribution in [0.25, 0.3) is 5.57 Å². The fourth-order valence-electron chi connectivity index (χ4n) is 4.99. The SMILES string of the molecule is C=C(c1nc(C)c(C(C)(C(=O)CCC)c2cccc(C(=O)O)n2)c(N)n1)c1ccc(Cl)cc1C(C)CCC. The van der Waals surface area contributed by atoms with Gasteiger partial charge in [-0.1, -0.05) is 57.5 Å². The molecule has 2 aromatic heterocycles. The third-order valence-electron chi connectivity index (χ3n) is 6.99. The van der Waals surface area contributed by atoms with E-state index in [4.69, 9.17) is 22.3 Å². The molecule has 0 amide bonds. The largest absolute Gasteiger partial charge is 0.477 e. The Bertz CT molecular complexity index is 1360. The second-order valence-electron chi connectivity index (χ2n) is 9.80. The number of Topliss-reactive ketones (excluding diaryl/α,β-unsaturated/α-hetero) is 1. The number of carbonyl (C=O) groups excluding carboxylic acids is 1. The van der Waals surface area contributed by atoms with Crippen LogP contribution in [0, 0.1) is 6.92 Å². The minimum Gasteiger partial charge on any atom is -0.477 e. The third-order valence-corrected chi connectivity index (χ3v) is 7.23. The molecule has 38 heavy (non-hydrogen) atoms. The molecule has 2 heterocycles. The molecule has 0 saturated heterocycles. The Labute approximate surface area is 229 Å². The van der Waals surface area contributed by atoms with Crippen molar-refractivity contribution in [3.63, 3.8) is 0 Å². The maximum Gasteiger partial charge on any atom is 0.354 e. The monoisotopic (exact) mass is 534 g/mol. The number of carbonyl (C=O) groups is 2. The number of nitrogen functional groups attached to an aromatic ring is 1. The average molecular weight is 535 g/mol. The standard InChI is InChI=1S/C30H35ClN4O3/c1-7-10-17(3)22-16-20(31)14-15-21(22)18(4)28-33-19(5)26(27(32)35-28)30(6,25(36)11-8-2)24-13-9-12-23(34-24)29(37)38/h9,12-17H,4,7-8,10-11H2,1-3,5-6H3,(H,37,38)(H2,32,33,35). The van der Waals surface area contributed by atoms with E-state index in [-0.39, 0.29) is 35.3 Å². The molecule has 3 rings (SSSR count). The fraction of sp³-hybridized carbons (Fsp3) is 0.367. The van der Waals surface area contributed by atoms with E-state index in [9.17, 15) is 14.7 Å². The number of aryl methyl sites for hydroxylation is 1. The first-order chi connectivity index (χ1) is 17.9. The van der Waals surface area contributed by atoms with Gasteiger partial charge in [0.1, 0.15) is 17.3 Å². The van der Waals surface area contributed by atoms with E-state index >= 15 is 0 Å². The summed E-state index contributed by atoms with van der Waals surface area (Å²) in [5, 5.41) is 10.1. The number of carboxylic acid groups (broad SMARTS) is 1. The van der Waals surface area contributed by atoms with Gasteiger partial charge in [0.2, 0.25) is 0 Å². The average Bonchev–Trinajstić information content (AvgIpc) is 2.87. The molecule has 8 heteroatoms. The number of rotatable bonds is 11. The number of hydrogen-bond donors (Lipinski definition) is 2. The first kappa shape index (κ1) is 29.0. The van der Waals surface area contributed by atoms with Crippen molar-refractivity contribution in [1.29, 1.82) is 0 Å². The summed E-state index contributed by atoms with van der Waals surface area (Å²) < 4.78 is 0. The van der Waals surface area contributed by atoms with Gasteiger partial charge in [0.05, 0.1) is 11.1 Å². The lowest BCUT2D eigenvalue weighted by molar-refractivity contribution is -0.122. The second kappa shape index (κ2) is 11.9. The number of aromatic carboxylic acids is 1. The van der Waals surface area contributed by atoms with E-state index in [1.165, 1.54) is 6.07 Å². The predicted molar refractivity (Wildman–Crippen MR) is 152 cm³/mol. The Morgan fingerprint density at radius 3 is 2.45 bits per heavy atom. The van der Waals surface area contributed by atoms with E-state index in [1.807, 2.05) is 25.1 Å². The summed E-state index contributed by atoms with van der Waals surface area (Å²) in [6.07, 6.45) is 2.88. The van der Waals surface area contributed by atoms with Crippen molar-refractivity contribution >= 4 is 34.7 Å². The Kier molecular flexibility index (Phi) is 9.05. The molecule has 1 aromatic carbocycles. The molecule has 3 N–H and O–H groups in total. The van der Waals surface area contributed by atoms with Gasteiger partial charge in [0, 0.05) is 28.3 Å². The zero-order valence-corrected chi connectivity index (χ0v) is 23.4. The molecule has 0 fully saturated rings. The molecule has 7 nitrogen and oxygen atoms in total. The van der Waals surface area contributed by atoms with E-state index in [0.29, 0.717) is 34.1 Å². The van der Waals surface area contributed by atoms with Crippen molar-refractivity contribution in [3.05, 3.63) is 87.6 Å². The number of aromatic nitrogens is 3. The maximum atomic E-state index is 13.6. The molecule has 0 bridgehead atoms. The van der Waals surface area contributed by atoms with Crippen LogP contribution >= 0.6 is 11.6 Å². The predicted octanol–water partition coefficient (Wildman–Crippen LogP) is 6.75. The van der Waals surface area contributed by atoms with Gasteiger partial charge in [-0.15, -0.1) is 0 Å². The van der Waals surface area contributed by atoms with Crippen LogP contribution in [0.5, 0.6) is 0 Å². The number of pyridine rings is 1. The summed E-state index contributed by atoms with van der Waals surface area (Å²) in [5.41, 5.74) is 8.82. The van der Waals surface area contributed by atoms with Gasteiger partial charge in [0.15, 0.2) is 5.82 Å². The van der Waals surface area contributed by atoms with E-state index < -0.39 is 11.4 Å². The molecular formula is C30H35ClN4O3. The molecule has 0 aliphatic heterocycles. The van der Waals surface area contributed by atoms with Crippen LogP contribution in [-0.4, -0.2) is 31.8 Å². The van der Waals surface area contributed by atoms with Crippen molar-refractivity contribution in [2.45, 2.75) is 71.6 Å². The van der Waals surface area contributed by atoms with Crippen molar-refractivity contribution < 1.29 is 14.7 Å². The molecule has 0 saturated carbocycles. The minimum atomic E-state index is -1.34. The summed E-state index contributed by atoms with van der Waals surface area (Å²) in [4.78, 5) is 38.9. The number of hydrogen-bond acceptors (Lipinski definition) is 6. The summed E-state index contributed by atoms with van der Waals surface area (Å²) in [7, 11) is 0. The summed E-state index contributed by atoms with van der Waals surface area (Å²) in [6.45, 7) is 14.0. The zero-order valence-electron chi connectivity index (χ0n) is 22.6. The maximum absolute atomic E-state index is 13.6. The van der Waals surface area contributed by atoms with Crippen molar-refractivity contribution in [2.75, 3.05) is 5.73 Å². The second-order valence-corrected chi connectivity index (χ2v) is 10.2. The third kappa shape index (κ3) is 5.63. The van der Waals surface area contributed by atoms with Gasteiger partial charge in [-0.25, -0.2) is 19.7 Å². The Morgan fingerprint density at radius 1 is 1.13 bits per heavy atom. The number of carboxylic acids is 1. The number of anilines is 1. The summed E-state index contributed by atoms with van der Waals surface area (Å²) >= 11 is 6.32. The normalized spacial score (nSPS) is 13.5. The van der Waals surface area contributed by atoms with Crippen LogP contribution in [-0.2, 0) is 10.2 Å². The highest BCUT2D eigenvalue weighted by molar-refractivity contribution is 6.30. The summed E-state index contributed by atoms with van der Waals surface area (Å²) in [5.74, 6) is -0.589. The number of halogens is 1. The van der Waals surface area contributed by atoms with Crippen molar-refractivity contribution in [1.82, 2.24) is 15.0 Å². The van der Waals surface area contributed by atoms with Crippen LogP contribution in [0.3, 0.4) is 0 Å². The highest BCUT2D eigenvalue weighted by Gasteiger charge is 2.42. The Morgan fingerprint density at radius 2 is 1.84 bits per heavy atom. The van der Waals surface area contributed by atoms with Gasteiger partial charge in [-0.2, -0.15) is 0 Å². The van der Waals surface area contributed by atoms with Crippen LogP contribution in [0.15, 0.2) is 43.0 Å². The minimum absolute atomic E-state index is 0.125. The van der Waals surface area contributed by atoms with Crippen molar-refractivity contribution in [3.8, 4) is 0 Å². The molecule has 3 aromatic rings. The lowest BCUT2D eigenvalue weighted by atomic mass is 9.73. The molecule has 2 atom stereocenters. The molecule has 0 spiro atoms. The van der Waals surface area contributed by atoms with Crippen LogP contribution < -0.4 is 5.73 Å². The van der Waals surface area contributed by atoms with E-state index in [1.54, 1.807) is 26.0 Å². The first-order valence-electron chi connectivity index (χ1n) is 12.8. The Hall–Kier alpha value is -3.58. The molecule has 200 valence electrons. The van der Waals surface area contributed by atoms with Gasteiger partial charge >= 0.3 is 5.97 Å². The number of nitrogens with zero attached hydrogens (tertiary/aromatic N) is 3. The quantitative estimate of drug-likeness (QED) is 0.279. The summed E-state index contributed by atoms with van der Waals surface area (Å²) in [6, 6.07) is 10.3. The first-order valence-corrected chi connectivity index (χ1v) is 13.2. The number of ketones is 1. The molecular weight excluding hydrogens is 500 g/mol. The van der Waals surface area contributed by atoms with Gasteiger partial charge in [0.25, 0.3) is 0 Å². The van der Waals surface area contributed by atoms with Gasteiger partial charge < -0.3 is 10.8 Å². The molecule has 2 unspecified atom stereocenters. The smallest absolute Gasteiger partial charge is 0.354 e. The zero-order chi connectivity index (χ0) is 28.2. The lowest BCUT2D eigenvalue weighted by Gasteiger charge is -2.30. The number of nitrogens with two attached hydrogens (primary N) is 1. The van der Waals surface area contributed by atoms with E-state index in [0.717, 1.165) is 24.0 Å². The lowest BCUT2D eigenvalue weighted by Crippen LogP contribution is -2.37. The van der Waals surface area contributed by atoms with Crippen LogP contribution in [0.2, 0.25) is 5.02 Å². The van der Waals surface area contributed by atoms with Crippen LogP contribution in [0.1, 0.15) is 104 Å². The topological polar surface area (TPSA) is 119 Å². The molecule has 0 aliphatic rings. The van der Waals surface area contributed by atoms with Gasteiger partial charge in [-0.3, -0.25) is 4.79 Å². The van der Waals surface area contributed by atoms with Crippen molar-refractivity contribution in [2.24, 2.45) is 0 Å². The Balaban J connectivity index is 2.18. The number of benzene rings is 1. The molecule has 0 aliphatic carbocycles. The fourth-order valence-corrected chi connectivity index (χ4v) is 5.17. The van der Waals surface area contributed by atoms with Crippen LogP contribution in [0.4, 0.5) is 5.82 Å². The highest BCUT2D eigenvalue weighted by Crippen LogP contribution is 2.39. The molecule has 0 radical (unpaired) electrons. The van der Waals surface area contributed by atoms with E-state index in [2.05, 4.69) is 30.4 Å². The highest BCUT2D eigenvalue weighted by atomic mass is 35.5. The van der Waals surface area contributed by atoms with Gasteiger partial charge in [-0.05, 0) is 68.0 Å².